The van der Waals surface area contributed by atoms with E-state index in [1.807, 2.05) is 54.3 Å². The predicted molar refractivity (Wildman–Crippen MR) is 106 cm³/mol. The lowest BCUT2D eigenvalue weighted by atomic mass is 10.0. The molecule has 28 heavy (non-hydrogen) atoms. The van der Waals surface area contributed by atoms with Gasteiger partial charge < -0.3 is 0 Å². The summed E-state index contributed by atoms with van der Waals surface area (Å²) in [5.74, 6) is -0.787. The first-order chi connectivity index (χ1) is 13.4. The van der Waals surface area contributed by atoms with E-state index in [-0.39, 0.29) is 24.6 Å². The molecule has 2 N–H and O–H groups in total. The minimum Gasteiger partial charge on any atom is -0.286 e. The Morgan fingerprint density at radius 1 is 0.929 bits per heavy atom. The summed E-state index contributed by atoms with van der Waals surface area (Å²) in [6, 6.07) is 15.5. The Kier molecular flexibility index (Phi) is 6.11. The molecule has 1 fully saturated rings. The van der Waals surface area contributed by atoms with Gasteiger partial charge in [0, 0.05) is 18.7 Å². The SMILES string of the molecule is Cc1ccccc1C(=O)NNC(=O)C(c1ccccc1)N1CCS(=O)(=O)CC1. The highest BCUT2D eigenvalue weighted by Gasteiger charge is 2.32. The third-order valence-corrected chi connectivity index (χ3v) is 6.41. The van der Waals surface area contributed by atoms with E-state index in [1.54, 1.807) is 12.1 Å². The van der Waals surface area contributed by atoms with Gasteiger partial charge >= 0.3 is 0 Å². The number of carbonyl (C=O) groups excluding carboxylic acids is 2. The zero-order chi connectivity index (χ0) is 20.1. The summed E-state index contributed by atoms with van der Waals surface area (Å²) < 4.78 is 23.5. The molecule has 2 amide bonds. The van der Waals surface area contributed by atoms with Gasteiger partial charge in [0.25, 0.3) is 11.8 Å². The maximum atomic E-state index is 12.9. The second-order valence-electron chi connectivity index (χ2n) is 6.76. The van der Waals surface area contributed by atoms with Gasteiger partial charge in [-0.25, -0.2) is 8.42 Å². The minimum atomic E-state index is -3.07. The molecule has 2 aromatic rings. The highest BCUT2D eigenvalue weighted by Crippen LogP contribution is 2.23. The monoisotopic (exact) mass is 401 g/mol. The predicted octanol–water partition coefficient (Wildman–Crippen LogP) is 1.23. The van der Waals surface area contributed by atoms with Crippen LogP contribution in [0.25, 0.3) is 0 Å². The lowest BCUT2D eigenvalue weighted by molar-refractivity contribution is -0.127. The molecule has 0 saturated carbocycles. The fraction of sp³-hybridized carbons (Fsp3) is 0.300. The van der Waals surface area contributed by atoms with Crippen LogP contribution in [0.5, 0.6) is 0 Å². The molecular formula is C20H23N3O4S. The second-order valence-corrected chi connectivity index (χ2v) is 9.06. The van der Waals surface area contributed by atoms with Crippen molar-refractivity contribution in [3.8, 4) is 0 Å². The molecule has 1 saturated heterocycles. The molecule has 1 heterocycles. The Balaban J connectivity index is 1.74. The standard InChI is InChI=1S/C20H23N3O4S/c1-15-7-5-6-10-17(15)19(24)21-22-20(25)18(16-8-3-2-4-9-16)23-11-13-28(26,27)14-12-23/h2-10,18H,11-14H2,1H3,(H,21,24)(H,22,25). The molecule has 2 aromatic carbocycles. The van der Waals surface area contributed by atoms with Gasteiger partial charge in [0.05, 0.1) is 11.5 Å². The van der Waals surface area contributed by atoms with Crippen LogP contribution in [-0.4, -0.2) is 49.7 Å². The average Bonchev–Trinajstić information content (AvgIpc) is 2.69. The molecule has 1 aliphatic rings. The summed E-state index contributed by atoms with van der Waals surface area (Å²) in [6.07, 6.45) is 0. The van der Waals surface area contributed by atoms with Crippen molar-refractivity contribution in [3.63, 3.8) is 0 Å². The van der Waals surface area contributed by atoms with Crippen molar-refractivity contribution >= 4 is 21.7 Å². The number of hydrogen-bond donors (Lipinski definition) is 2. The Morgan fingerprint density at radius 3 is 2.18 bits per heavy atom. The molecule has 1 unspecified atom stereocenters. The minimum absolute atomic E-state index is 0.0131. The maximum absolute atomic E-state index is 12.9. The number of nitrogens with zero attached hydrogens (tertiary/aromatic N) is 1. The van der Waals surface area contributed by atoms with Crippen molar-refractivity contribution in [2.24, 2.45) is 0 Å². The van der Waals surface area contributed by atoms with E-state index in [9.17, 15) is 18.0 Å². The number of nitrogens with one attached hydrogen (secondary N) is 2. The van der Waals surface area contributed by atoms with Crippen molar-refractivity contribution in [1.29, 1.82) is 0 Å². The molecule has 0 radical (unpaired) electrons. The number of carbonyl (C=O) groups is 2. The first-order valence-corrected chi connectivity index (χ1v) is 10.8. The van der Waals surface area contributed by atoms with Gasteiger partial charge in [0.2, 0.25) is 0 Å². The van der Waals surface area contributed by atoms with E-state index < -0.39 is 27.7 Å². The van der Waals surface area contributed by atoms with Crippen molar-refractivity contribution < 1.29 is 18.0 Å². The van der Waals surface area contributed by atoms with Crippen molar-refractivity contribution in [3.05, 3.63) is 71.3 Å². The fourth-order valence-electron chi connectivity index (χ4n) is 3.23. The molecule has 0 aromatic heterocycles. The molecule has 0 bridgehead atoms. The molecule has 0 aliphatic carbocycles. The molecule has 3 rings (SSSR count). The van der Waals surface area contributed by atoms with Crippen LogP contribution >= 0.6 is 0 Å². The van der Waals surface area contributed by atoms with E-state index >= 15 is 0 Å². The summed E-state index contributed by atoms with van der Waals surface area (Å²) in [5, 5.41) is 0. The lowest BCUT2D eigenvalue weighted by Gasteiger charge is -2.33. The Morgan fingerprint density at radius 2 is 1.54 bits per heavy atom. The summed E-state index contributed by atoms with van der Waals surface area (Å²) in [6.45, 7) is 2.35. The molecule has 8 heteroatoms. The quantitative estimate of drug-likeness (QED) is 0.752. The Bertz CT molecular complexity index is 946. The lowest BCUT2D eigenvalue weighted by Crippen LogP contribution is -2.51. The van der Waals surface area contributed by atoms with Crippen LogP contribution in [0.4, 0.5) is 0 Å². The van der Waals surface area contributed by atoms with Gasteiger partial charge in [-0.1, -0.05) is 48.5 Å². The van der Waals surface area contributed by atoms with Gasteiger partial charge in [-0.15, -0.1) is 0 Å². The largest absolute Gasteiger partial charge is 0.286 e. The van der Waals surface area contributed by atoms with Crippen molar-refractivity contribution in [1.82, 2.24) is 15.8 Å². The van der Waals surface area contributed by atoms with Crippen LogP contribution in [0.2, 0.25) is 0 Å². The smallest absolute Gasteiger partial charge is 0.269 e. The number of sulfone groups is 1. The van der Waals surface area contributed by atoms with E-state index in [2.05, 4.69) is 10.9 Å². The Labute approximate surface area is 164 Å². The van der Waals surface area contributed by atoms with Crippen molar-refractivity contribution in [2.75, 3.05) is 24.6 Å². The van der Waals surface area contributed by atoms with Crippen LogP contribution in [0, 0.1) is 6.92 Å². The van der Waals surface area contributed by atoms with Crippen LogP contribution in [0.15, 0.2) is 54.6 Å². The summed E-state index contributed by atoms with van der Waals surface area (Å²) in [5.41, 5.74) is 6.97. The van der Waals surface area contributed by atoms with Crippen LogP contribution < -0.4 is 10.9 Å². The normalized spacial score (nSPS) is 17.5. The summed E-state index contributed by atoms with van der Waals surface area (Å²) in [4.78, 5) is 27.1. The number of amides is 2. The summed E-state index contributed by atoms with van der Waals surface area (Å²) >= 11 is 0. The number of hydrazine groups is 1. The van der Waals surface area contributed by atoms with Gasteiger partial charge in [-0.05, 0) is 24.1 Å². The topological polar surface area (TPSA) is 95.6 Å². The summed E-state index contributed by atoms with van der Waals surface area (Å²) in [7, 11) is -3.07. The highest BCUT2D eigenvalue weighted by atomic mass is 32.2. The molecule has 148 valence electrons. The van der Waals surface area contributed by atoms with Crippen LogP contribution in [0.1, 0.15) is 27.5 Å². The number of hydrogen-bond acceptors (Lipinski definition) is 5. The molecule has 0 spiro atoms. The first kappa shape index (κ1) is 20.0. The van der Waals surface area contributed by atoms with E-state index in [0.29, 0.717) is 5.56 Å². The second kappa shape index (κ2) is 8.53. The molecule has 1 atom stereocenters. The zero-order valence-corrected chi connectivity index (χ0v) is 16.4. The van der Waals surface area contributed by atoms with Gasteiger partial charge in [0.1, 0.15) is 6.04 Å². The van der Waals surface area contributed by atoms with E-state index in [1.165, 1.54) is 0 Å². The van der Waals surface area contributed by atoms with E-state index in [0.717, 1.165) is 11.1 Å². The van der Waals surface area contributed by atoms with Gasteiger partial charge in [0.15, 0.2) is 9.84 Å². The van der Waals surface area contributed by atoms with Crippen LogP contribution in [0.3, 0.4) is 0 Å². The number of aryl methyl sites for hydroxylation is 1. The Hall–Kier alpha value is -2.71. The fourth-order valence-corrected chi connectivity index (χ4v) is 4.46. The van der Waals surface area contributed by atoms with Crippen LogP contribution in [-0.2, 0) is 14.6 Å². The van der Waals surface area contributed by atoms with Gasteiger partial charge in [-0.3, -0.25) is 25.3 Å². The number of rotatable bonds is 4. The third-order valence-electron chi connectivity index (χ3n) is 4.80. The first-order valence-electron chi connectivity index (χ1n) is 9.02. The number of benzene rings is 2. The average molecular weight is 401 g/mol. The van der Waals surface area contributed by atoms with E-state index in [4.69, 9.17) is 0 Å². The molecular weight excluding hydrogens is 378 g/mol. The molecule has 7 nitrogen and oxygen atoms in total. The maximum Gasteiger partial charge on any atom is 0.269 e. The van der Waals surface area contributed by atoms with Crippen molar-refractivity contribution in [2.45, 2.75) is 13.0 Å². The zero-order valence-electron chi connectivity index (χ0n) is 15.6. The third kappa shape index (κ3) is 4.76. The van der Waals surface area contributed by atoms with Gasteiger partial charge in [-0.2, -0.15) is 0 Å². The molecule has 1 aliphatic heterocycles. The highest BCUT2D eigenvalue weighted by molar-refractivity contribution is 7.91.